The number of hydrogen-bond acceptors (Lipinski definition) is 5. The van der Waals surface area contributed by atoms with E-state index in [9.17, 15) is 19.5 Å². The fraction of sp³-hybridized carbons (Fsp3) is 0.723. The molecule has 0 spiro atoms. The Balaban J connectivity index is 4.46. The summed E-state index contributed by atoms with van der Waals surface area (Å²) in [6.45, 7) is 4.81. The van der Waals surface area contributed by atoms with Crippen molar-refractivity contribution in [1.29, 1.82) is 0 Å². The van der Waals surface area contributed by atoms with E-state index in [0.717, 1.165) is 109 Å². The zero-order chi connectivity index (χ0) is 39.6. The molecule has 2 unspecified atom stereocenters. The molecule has 310 valence electrons. The topological polar surface area (TPSA) is 119 Å². The molecule has 0 saturated carbocycles. The number of carboxylic acid groups (broad SMARTS) is 1. The molecule has 0 aromatic heterocycles. The van der Waals surface area contributed by atoms with E-state index in [4.69, 9.17) is 10.5 Å². The van der Waals surface area contributed by atoms with Crippen molar-refractivity contribution >= 4 is 17.8 Å². The Kier molecular flexibility index (Phi) is 39.0. The Morgan fingerprint density at radius 2 is 1.02 bits per heavy atom. The van der Waals surface area contributed by atoms with Crippen LogP contribution in [0.4, 0.5) is 0 Å². The number of carbonyl (C=O) groups excluding carboxylic acids is 2. The Morgan fingerprint density at radius 1 is 0.556 bits per heavy atom. The first-order valence-corrected chi connectivity index (χ1v) is 22.1. The highest BCUT2D eigenvalue weighted by molar-refractivity contribution is 5.83. The SMILES string of the molecule is CC/C=C\C/C=C\C/C=C\C/C=C\CCCCC(CCCCCCCC(=O)NC(CCCN)C(=O)O)OC(=O)CCCCCCC/C=C\CCCCCC. The first kappa shape index (κ1) is 51.1. The van der Waals surface area contributed by atoms with Crippen LogP contribution in [0, 0.1) is 0 Å². The summed E-state index contributed by atoms with van der Waals surface area (Å²) in [5.74, 6) is -1.27. The summed E-state index contributed by atoms with van der Waals surface area (Å²) in [5.41, 5.74) is 5.48. The lowest BCUT2D eigenvalue weighted by atomic mass is 10.0. The van der Waals surface area contributed by atoms with Gasteiger partial charge in [-0.05, 0) is 122 Å². The van der Waals surface area contributed by atoms with Gasteiger partial charge in [0.15, 0.2) is 0 Å². The second kappa shape index (κ2) is 41.2. The summed E-state index contributed by atoms with van der Waals surface area (Å²) in [5, 5.41) is 11.9. The number of nitrogens with two attached hydrogens (primary N) is 1. The van der Waals surface area contributed by atoms with Crippen molar-refractivity contribution in [3.05, 3.63) is 60.8 Å². The molecule has 0 aromatic carbocycles. The zero-order valence-corrected chi connectivity index (χ0v) is 34.8. The first-order valence-electron chi connectivity index (χ1n) is 22.1. The maximum absolute atomic E-state index is 12.8. The number of carboxylic acids is 1. The monoisotopic (exact) mass is 755 g/mol. The molecule has 7 nitrogen and oxygen atoms in total. The third kappa shape index (κ3) is 37.4. The molecule has 0 aromatic rings. The number of hydrogen-bond donors (Lipinski definition) is 3. The Labute approximate surface area is 331 Å². The average molecular weight is 755 g/mol. The van der Waals surface area contributed by atoms with Crippen LogP contribution in [0.5, 0.6) is 0 Å². The lowest BCUT2D eigenvalue weighted by Crippen LogP contribution is -2.40. The Hall–Kier alpha value is -2.93. The number of nitrogens with one attached hydrogen (secondary N) is 1. The minimum Gasteiger partial charge on any atom is -0.480 e. The number of aliphatic carboxylic acids is 1. The molecule has 2 atom stereocenters. The van der Waals surface area contributed by atoms with E-state index in [1.54, 1.807) is 0 Å². The van der Waals surface area contributed by atoms with E-state index in [2.05, 4.69) is 79.9 Å². The summed E-state index contributed by atoms with van der Waals surface area (Å²) in [7, 11) is 0. The zero-order valence-electron chi connectivity index (χ0n) is 34.8. The van der Waals surface area contributed by atoms with Gasteiger partial charge >= 0.3 is 11.9 Å². The number of rotatable bonds is 39. The standard InChI is InChI=1S/C47H82N2O5/c1-3-5-7-9-11-13-15-17-18-20-21-23-25-28-32-37-43(38-33-29-27-30-34-40-45(50)49-44(47(52)53)39-36-42-48)54-46(51)41-35-31-26-24-22-19-16-14-12-10-8-6-4-2/h5,7,11,13-14,16-18,21,23,43-44H,3-4,6,8-10,12,15,19-20,22,24-42,48H2,1-2H3,(H,49,50)(H,52,53)/b7-5-,13-11-,16-14-,18-17-,23-21-. The fourth-order valence-corrected chi connectivity index (χ4v) is 6.26. The maximum Gasteiger partial charge on any atom is 0.326 e. The van der Waals surface area contributed by atoms with E-state index in [1.807, 2.05) is 0 Å². The van der Waals surface area contributed by atoms with Gasteiger partial charge in [0.05, 0.1) is 0 Å². The number of ether oxygens (including phenoxy) is 1. The summed E-state index contributed by atoms with van der Waals surface area (Å²) in [4.78, 5) is 36.4. The highest BCUT2D eigenvalue weighted by atomic mass is 16.5. The van der Waals surface area contributed by atoms with Crippen LogP contribution in [0.1, 0.15) is 200 Å². The van der Waals surface area contributed by atoms with Crippen LogP contribution in [0.2, 0.25) is 0 Å². The number of carbonyl (C=O) groups is 3. The Bertz CT molecular complexity index is 1030. The van der Waals surface area contributed by atoms with Gasteiger partial charge in [0.1, 0.15) is 12.1 Å². The predicted molar refractivity (Wildman–Crippen MR) is 229 cm³/mol. The van der Waals surface area contributed by atoms with Gasteiger partial charge in [-0.15, -0.1) is 0 Å². The molecule has 0 rings (SSSR count). The molecule has 0 aliphatic rings. The van der Waals surface area contributed by atoms with Gasteiger partial charge < -0.3 is 20.9 Å². The number of amides is 1. The third-order valence-electron chi connectivity index (χ3n) is 9.57. The van der Waals surface area contributed by atoms with Crippen molar-refractivity contribution in [1.82, 2.24) is 5.32 Å². The fourth-order valence-electron chi connectivity index (χ4n) is 6.26. The normalized spacial score (nSPS) is 13.2. The second-order valence-electron chi connectivity index (χ2n) is 14.7. The van der Waals surface area contributed by atoms with E-state index >= 15 is 0 Å². The van der Waals surface area contributed by atoms with Gasteiger partial charge in [0.25, 0.3) is 0 Å². The molecular weight excluding hydrogens is 673 g/mol. The van der Waals surface area contributed by atoms with Crippen molar-refractivity contribution in [2.24, 2.45) is 5.73 Å². The molecule has 54 heavy (non-hydrogen) atoms. The van der Waals surface area contributed by atoms with Crippen LogP contribution >= 0.6 is 0 Å². The lowest BCUT2D eigenvalue weighted by Gasteiger charge is -2.18. The molecule has 0 heterocycles. The minimum atomic E-state index is -1.01. The third-order valence-corrected chi connectivity index (χ3v) is 9.57. The summed E-state index contributed by atoms with van der Waals surface area (Å²) in [6.07, 6.45) is 51.2. The number of unbranched alkanes of at least 4 members (excludes halogenated alkanes) is 15. The van der Waals surface area contributed by atoms with Crippen LogP contribution in [0.15, 0.2) is 60.8 Å². The quantitative estimate of drug-likeness (QED) is 0.0327. The molecule has 0 bridgehead atoms. The summed E-state index contributed by atoms with van der Waals surface area (Å²) < 4.78 is 6.03. The molecule has 0 aliphatic carbocycles. The average Bonchev–Trinajstić information content (AvgIpc) is 3.16. The number of esters is 1. The smallest absolute Gasteiger partial charge is 0.326 e. The van der Waals surface area contributed by atoms with Crippen LogP contribution in [0.25, 0.3) is 0 Å². The van der Waals surface area contributed by atoms with E-state index in [-0.39, 0.29) is 18.0 Å². The molecule has 0 fully saturated rings. The van der Waals surface area contributed by atoms with Crippen molar-refractivity contribution in [3.8, 4) is 0 Å². The Morgan fingerprint density at radius 3 is 1.59 bits per heavy atom. The van der Waals surface area contributed by atoms with Gasteiger partial charge in [-0.1, -0.05) is 132 Å². The van der Waals surface area contributed by atoms with Crippen LogP contribution in [-0.4, -0.2) is 41.6 Å². The molecule has 4 N–H and O–H groups in total. The van der Waals surface area contributed by atoms with Crippen LogP contribution in [-0.2, 0) is 19.1 Å². The highest BCUT2D eigenvalue weighted by Gasteiger charge is 2.19. The van der Waals surface area contributed by atoms with Crippen LogP contribution < -0.4 is 11.1 Å². The van der Waals surface area contributed by atoms with Crippen LogP contribution in [0.3, 0.4) is 0 Å². The molecule has 0 aliphatic heterocycles. The van der Waals surface area contributed by atoms with E-state index in [1.165, 1.54) is 51.4 Å². The van der Waals surface area contributed by atoms with Gasteiger partial charge in [0, 0.05) is 12.8 Å². The molecule has 7 heteroatoms. The van der Waals surface area contributed by atoms with Crippen molar-refractivity contribution in [2.75, 3.05) is 6.54 Å². The number of allylic oxidation sites excluding steroid dienone is 10. The van der Waals surface area contributed by atoms with Gasteiger partial charge in [-0.3, -0.25) is 9.59 Å². The molecule has 0 radical (unpaired) electrons. The van der Waals surface area contributed by atoms with Gasteiger partial charge in [-0.25, -0.2) is 4.79 Å². The predicted octanol–water partition coefficient (Wildman–Crippen LogP) is 12.6. The van der Waals surface area contributed by atoms with Crippen molar-refractivity contribution in [3.63, 3.8) is 0 Å². The lowest BCUT2D eigenvalue weighted by molar-refractivity contribution is -0.150. The molecule has 1 amide bonds. The first-order chi connectivity index (χ1) is 26.4. The van der Waals surface area contributed by atoms with Gasteiger partial charge in [-0.2, -0.15) is 0 Å². The summed E-state index contributed by atoms with van der Waals surface area (Å²) in [6, 6.07) is -0.864. The largest absolute Gasteiger partial charge is 0.480 e. The van der Waals surface area contributed by atoms with Gasteiger partial charge in [0.2, 0.25) is 5.91 Å². The summed E-state index contributed by atoms with van der Waals surface area (Å²) >= 11 is 0. The molecular formula is C47H82N2O5. The second-order valence-corrected chi connectivity index (χ2v) is 14.7. The van der Waals surface area contributed by atoms with Crippen molar-refractivity contribution in [2.45, 2.75) is 212 Å². The molecule has 0 saturated heterocycles. The van der Waals surface area contributed by atoms with Crippen molar-refractivity contribution < 1.29 is 24.2 Å². The van der Waals surface area contributed by atoms with E-state index in [0.29, 0.717) is 32.2 Å². The van der Waals surface area contributed by atoms with E-state index < -0.39 is 12.0 Å². The minimum absolute atomic E-state index is 0.0315. The highest BCUT2D eigenvalue weighted by Crippen LogP contribution is 2.18. The maximum atomic E-state index is 12.8.